The molecule has 4 heterocycles. The van der Waals surface area contributed by atoms with Crippen molar-refractivity contribution in [3.05, 3.63) is 55.1 Å². The van der Waals surface area contributed by atoms with Crippen molar-refractivity contribution in [2.75, 3.05) is 18.0 Å². The second-order valence-corrected chi connectivity index (χ2v) is 6.24. The molecule has 3 aromatic rings. The van der Waals surface area contributed by atoms with Crippen LogP contribution in [0.4, 0.5) is 5.82 Å². The lowest BCUT2D eigenvalue weighted by molar-refractivity contribution is 0.498. The zero-order valence-corrected chi connectivity index (χ0v) is 13.9. The first-order valence-corrected chi connectivity index (χ1v) is 8.50. The van der Waals surface area contributed by atoms with Crippen LogP contribution in [0.3, 0.4) is 0 Å². The highest BCUT2D eigenvalue weighted by atomic mass is 15.2. The number of pyridine rings is 2. The largest absolute Gasteiger partial charge is 0.356 e. The van der Waals surface area contributed by atoms with Crippen LogP contribution in [0.25, 0.3) is 22.6 Å². The lowest BCUT2D eigenvalue weighted by atomic mass is 10.1. The number of rotatable bonds is 3. The summed E-state index contributed by atoms with van der Waals surface area (Å²) >= 11 is 0. The molecular weight excluding hydrogens is 312 g/mol. The Hall–Kier alpha value is -2.86. The van der Waals surface area contributed by atoms with Crippen molar-refractivity contribution in [2.45, 2.75) is 18.9 Å². The highest BCUT2D eigenvalue weighted by Crippen LogP contribution is 2.26. The zero-order chi connectivity index (χ0) is 17.1. The molecule has 0 aromatic carbocycles. The van der Waals surface area contributed by atoms with Gasteiger partial charge in [-0.05, 0) is 37.1 Å². The van der Waals surface area contributed by atoms with E-state index < -0.39 is 0 Å². The molecule has 1 aliphatic rings. The standard InChI is InChI=1S/C19H20N6/c20-16-5-10-25(11-6-16)18-12-17(15-2-1-7-22-13-15)23-19(24-18)14-3-8-21-9-4-14/h1-4,7-9,12-13,16H,5-6,10-11,20H2. The fourth-order valence-corrected chi connectivity index (χ4v) is 3.02. The molecule has 2 N–H and O–H groups in total. The van der Waals surface area contributed by atoms with E-state index in [1.807, 2.05) is 36.5 Å². The third-order valence-electron chi connectivity index (χ3n) is 4.47. The summed E-state index contributed by atoms with van der Waals surface area (Å²) in [5.41, 5.74) is 8.85. The Labute approximate surface area is 146 Å². The first-order chi connectivity index (χ1) is 12.3. The van der Waals surface area contributed by atoms with Crippen LogP contribution >= 0.6 is 0 Å². The molecule has 1 saturated heterocycles. The van der Waals surface area contributed by atoms with Crippen LogP contribution in [0.15, 0.2) is 55.1 Å². The molecule has 4 rings (SSSR count). The van der Waals surface area contributed by atoms with E-state index in [9.17, 15) is 0 Å². The van der Waals surface area contributed by atoms with Crippen LogP contribution in [0, 0.1) is 0 Å². The Morgan fingerprint density at radius 2 is 1.72 bits per heavy atom. The van der Waals surface area contributed by atoms with Gasteiger partial charge in [0.1, 0.15) is 5.82 Å². The summed E-state index contributed by atoms with van der Waals surface area (Å²) in [7, 11) is 0. The second-order valence-electron chi connectivity index (χ2n) is 6.24. The van der Waals surface area contributed by atoms with Crippen molar-refractivity contribution >= 4 is 5.82 Å². The molecule has 0 bridgehead atoms. The summed E-state index contributed by atoms with van der Waals surface area (Å²) in [6, 6.07) is 10.1. The average Bonchev–Trinajstić information content (AvgIpc) is 2.69. The Bertz CT molecular complexity index is 771. The molecule has 0 aliphatic carbocycles. The molecule has 126 valence electrons. The number of hydrogen-bond acceptors (Lipinski definition) is 6. The summed E-state index contributed by atoms with van der Waals surface area (Å²) in [6.07, 6.45) is 9.08. The predicted molar refractivity (Wildman–Crippen MR) is 97.9 cm³/mol. The van der Waals surface area contributed by atoms with Gasteiger partial charge >= 0.3 is 0 Å². The molecule has 0 amide bonds. The number of anilines is 1. The summed E-state index contributed by atoms with van der Waals surface area (Å²) in [6.45, 7) is 1.83. The molecule has 0 radical (unpaired) electrons. The van der Waals surface area contributed by atoms with E-state index in [4.69, 9.17) is 15.7 Å². The summed E-state index contributed by atoms with van der Waals surface area (Å²) in [5, 5.41) is 0. The summed E-state index contributed by atoms with van der Waals surface area (Å²) in [4.78, 5) is 20.1. The summed E-state index contributed by atoms with van der Waals surface area (Å²) < 4.78 is 0. The van der Waals surface area contributed by atoms with E-state index in [1.165, 1.54) is 0 Å². The topological polar surface area (TPSA) is 80.8 Å². The van der Waals surface area contributed by atoms with Crippen LogP contribution in [0.2, 0.25) is 0 Å². The second kappa shape index (κ2) is 6.94. The highest BCUT2D eigenvalue weighted by Gasteiger charge is 2.19. The van der Waals surface area contributed by atoms with Crippen molar-refractivity contribution in [1.82, 2.24) is 19.9 Å². The van der Waals surface area contributed by atoms with Gasteiger partial charge in [0.05, 0.1) is 5.69 Å². The third kappa shape index (κ3) is 3.49. The van der Waals surface area contributed by atoms with E-state index in [0.717, 1.165) is 48.6 Å². The third-order valence-corrected chi connectivity index (χ3v) is 4.47. The molecular formula is C19H20N6. The van der Waals surface area contributed by atoms with Crippen molar-refractivity contribution in [2.24, 2.45) is 5.73 Å². The van der Waals surface area contributed by atoms with Crippen LogP contribution < -0.4 is 10.6 Å². The van der Waals surface area contributed by atoms with Gasteiger partial charge in [-0.15, -0.1) is 0 Å². The predicted octanol–water partition coefficient (Wildman–Crippen LogP) is 2.53. The lowest BCUT2D eigenvalue weighted by Gasteiger charge is -2.31. The smallest absolute Gasteiger partial charge is 0.162 e. The average molecular weight is 332 g/mol. The molecule has 6 heteroatoms. The van der Waals surface area contributed by atoms with Gasteiger partial charge in [-0.3, -0.25) is 9.97 Å². The molecule has 0 spiro atoms. The van der Waals surface area contributed by atoms with Crippen LogP contribution in [0.5, 0.6) is 0 Å². The molecule has 1 aliphatic heterocycles. The van der Waals surface area contributed by atoms with Gasteiger partial charge in [-0.1, -0.05) is 0 Å². The van der Waals surface area contributed by atoms with Gasteiger partial charge in [0, 0.05) is 61.1 Å². The Balaban J connectivity index is 1.78. The van der Waals surface area contributed by atoms with E-state index in [2.05, 4.69) is 14.9 Å². The van der Waals surface area contributed by atoms with Gasteiger partial charge in [0.2, 0.25) is 0 Å². The molecule has 3 aromatic heterocycles. The quantitative estimate of drug-likeness (QED) is 0.794. The molecule has 0 unspecified atom stereocenters. The minimum Gasteiger partial charge on any atom is -0.356 e. The van der Waals surface area contributed by atoms with Crippen LogP contribution in [0.1, 0.15) is 12.8 Å². The minimum absolute atomic E-state index is 0.288. The number of hydrogen-bond donors (Lipinski definition) is 1. The van der Waals surface area contributed by atoms with Crippen molar-refractivity contribution in [3.8, 4) is 22.6 Å². The maximum atomic E-state index is 6.04. The molecule has 0 atom stereocenters. The number of aromatic nitrogens is 4. The van der Waals surface area contributed by atoms with Gasteiger partial charge < -0.3 is 10.6 Å². The van der Waals surface area contributed by atoms with Crippen molar-refractivity contribution < 1.29 is 0 Å². The molecule has 6 nitrogen and oxygen atoms in total. The van der Waals surface area contributed by atoms with E-state index >= 15 is 0 Å². The van der Waals surface area contributed by atoms with E-state index in [-0.39, 0.29) is 6.04 Å². The van der Waals surface area contributed by atoms with Crippen molar-refractivity contribution in [1.29, 1.82) is 0 Å². The van der Waals surface area contributed by atoms with Crippen LogP contribution in [-0.4, -0.2) is 39.1 Å². The molecule has 25 heavy (non-hydrogen) atoms. The minimum atomic E-state index is 0.288. The maximum absolute atomic E-state index is 6.04. The monoisotopic (exact) mass is 332 g/mol. The van der Waals surface area contributed by atoms with Gasteiger partial charge in [-0.25, -0.2) is 9.97 Å². The van der Waals surface area contributed by atoms with Crippen LogP contribution in [-0.2, 0) is 0 Å². The Morgan fingerprint density at radius 3 is 2.44 bits per heavy atom. The van der Waals surface area contributed by atoms with Gasteiger partial charge in [0.25, 0.3) is 0 Å². The van der Waals surface area contributed by atoms with Crippen molar-refractivity contribution in [3.63, 3.8) is 0 Å². The number of nitrogens with two attached hydrogens (primary N) is 1. The lowest BCUT2D eigenvalue weighted by Crippen LogP contribution is -2.40. The van der Waals surface area contributed by atoms with Gasteiger partial charge in [0.15, 0.2) is 5.82 Å². The Kier molecular flexibility index (Phi) is 4.35. The van der Waals surface area contributed by atoms with E-state index in [1.54, 1.807) is 18.6 Å². The maximum Gasteiger partial charge on any atom is 0.162 e. The molecule has 1 fully saturated rings. The first-order valence-electron chi connectivity index (χ1n) is 8.50. The fraction of sp³-hybridized carbons (Fsp3) is 0.263. The SMILES string of the molecule is NC1CCN(c2cc(-c3cccnc3)nc(-c3ccncc3)n2)CC1. The normalized spacial score (nSPS) is 15.3. The fourth-order valence-electron chi connectivity index (χ4n) is 3.02. The number of piperidine rings is 1. The first kappa shape index (κ1) is 15.7. The Morgan fingerprint density at radius 1 is 0.920 bits per heavy atom. The molecule has 0 saturated carbocycles. The number of nitrogens with zero attached hydrogens (tertiary/aromatic N) is 5. The van der Waals surface area contributed by atoms with E-state index in [0.29, 0.717) is 5.82 Å². The van der Waals surface area contributed by atoms with Gasteiger partial charge in [-0.2, -0.15) is 0 Å². The highest BCUT2D eigenvalue weighted by molar-refractivity contribution is 5.67. The zero-order valence-electron chi connectivity index (χ0n) is 13.9. The summed E-state index contributed by atoms with van der Waals surface area (Å²) in [5.74, 6) is 1.64.